The molecule has 21 heavy (non-hydrogen) atoms. The third-order valence-electron chi connectivity index (χ3n) is 4.74. The maximum atomic E-state index is 9.65. The molecule has 0 aliphatic carbocycles. The zero-order chi connectivity index (χ0) is 15.0. The third-order valence-corrected chi connectivity index (χ3v) is 4.74. The molecule has 1 aliphatic rings. The number of hydrogen-bond acceptors (Lipinski definition) is 3. The fraction of sp³-hybridized carbons (Fsp3) is 0.529. The summed E-state index contributed by atoms with van der Waals surface area (Å²) in [7, 11) is 4.25. The molecule has 1 saturated heterocycles. The Bertz CT molecular complexity index is 620. The van der Waals surface area contributed by atoms with E-state index in [0.29, 0.717) is 6.04 Å². The summed E-state index contributed by atoms with van der Waals surface area (Å²) in [6.07, 6.45) is 3.16. The van der Waals surface area contributed by atoms with E-state index in [-0.39, 0.29) is 12.6 Å². The Morgan fingerprint density at radius 2 is 2.19 bits per heavy atom. The summed E-state index contributed by atoms with van der Waals surface area (Å²) in [5, 5.41) is 11.0. The first-order chi connectivity index (χ1) is 10.1. The largest absolute Gasteiger partial charge is 0.395 e. The highest BCUT2D eigenvalue weighted by Crippen LogP contribution is 2.26. The summed E-state index contributed by atoms with van der Waals surface area (Å²) >= 11 is 0. The number of aromatic nitrogens is 1. The number of aromatic amines is 1. The number of fused-ring (bicyclic) bond motifs is 1. The van der Waals surface area contributed by atoms with Gasteiger partial charge in [0.2, 0.25) is 0 Å². The van der Waals surface area contributed by atoms with Crippen LogP contribution in [0.1, 0.15) is 17.5 Å². The molecule has 2 atom stereocenters. The van der Waals surface area contributed by atoms with Crippen LogP contribution >= 0.6 is 0 Å². The molecule has 0 spiro atoms. The number of likely N-dealkylation sites (N-methyl/N-ethyl adjacent to an activating group) is 1. The standard InChI is InChI=1S/C17H25N3O/c1-12-4-5-17-16(6-12)13(8-18-17)9-20-10-14(19(2)3)7-15(20)11-21/h4-6,8,14-15,18,21H,7,9-11H2,1-3H3/t14-,15+/m1/s1. The lowest BCUT2D eigenvalue weighted by atomic mass is 10.1. The minimum atomic E-state index is 0.242. The third kappa shape index (κ3) is 2.84. The highest BCUT2D eigenvalue weighted by atomic mass is 16.3. The molecule has 114 valence electrons. The average Bonchev–Trinajstić information content (AvgIpc) is 3.04. The van der Waals surface area contributed by atoms with Crippen LogP contribution in [0.3, 0.4) is 0 Å². The predicted octanol–water partition coefficient (Wildman–Crippen LogP) is 1.97. The molecule has 2 heterocycles. The second-order valence-electron chi connectivity index (χ2n) is 6.48. The van der Waals surface area contributed by atoms with E-state index in [1.165, 1.54) is 22.0 Å². The highest BCUT2D eigenvalue weighted by molar-refractivity contribution is 5.83. The molecule has 1 aromatic heterocycles. The lowest BCUT2D eigenvalue weighted by Gasteiger charge is -2.22. The van der Waals surface area contributed by atoms with Crippen molar-refractivity contribution < 1.29 is 5.11 Å². The molecular formula is C17H25N3O. The van der Waals surface area contributed by atoms with E-state index < -0.39 is 0 Å². The summed E-state index contributed by atoms with van der Waals surface area (Å²) < 4.78 is 0. The van der Waals surface area contributed by atoms with Gasteiger partial charge in [0, 0.05) is 42.3 Å². The van der Waals surface area contributed by atoms with Crippen molar-refractivity contribution in [3.63, 3.8) is 0 Å². The quantitative estimate of drug-likeness (QED) is 0.903. The van der Waals surface area contributed by atoms with E-state index in [1.807, 2.05) is 0 Å². The molecule has 0 bridgehead atoms. The van der Waals surface area contributed by atoms with Crippen LogP contribution < -0.4 is 0 Å². The van der Waals surface area contributed by atoms with Crippen molar-refractivity contribution >= 4 is 10.9 Å². The molecule has 3 rings (SSSR count). The molecule has 2 aromatic rings. The van der Waals surface area contributed by atoms with E-state index in [0.717, 1.165) is 19.5 Å². The number of H-pyrrole nitrogens is 1. The normalized spacial score (nSPS) is 23.5. The lowest BCUT2D eigenvalue weighted by Crippen LogP contribution is -2.33. The average molecular weight is 287 g/mol. The Kier molecular flexibility index (Phi) is 4.02. The van der Waals surface area contributed by atoms with E-state index in [2.05, 4.69) is 60.2 Å². The number of aryl methyl sites for hydroxylation is 1. The van der Waals surface area contributed by atoms with Crippen molar-refractivity contribution in [1.82, 2.24) is 14.8 Å². The van der Waals surface area contributed by atoms with E-state index in [1.54, 1.807) is 0 Å². The lowest BCUT2D eigenvalue weighted by molar-refractivity contribution is 0.153. The van der Waals surface area contributed by atoms with Crippen molar-refractivity contribution in [2.24, 2.45) is 0 Å². The summed E-state index contributed by atoms with van der Waals surface area (Å²) in [4.78, 5) is 8.03. The molecule has 1 aliphatic heterocycles. The number of hydrogen-bond donors (Lipinski definition) is 2. The van der Waals surface area contributed by atoms with Crippen molar-refractivity contribution in [3.8, 4) is 0 Å². The molecule has 1 fully saturated rings. The zero-order valence-corrected chi connectivity index (χ0v) is 13.1. The summed E-state index contributed by atoms with van der Waals surface area (Å²) in [5.41, 5.74) is 3.81. The van der Waals surface area contributed by atoms with Gasteiger partial charge in [-0.15, -0.1) is 0 Å². The highest BCUT2D eigenvalue weighted by Gasteiger charge is 2.32. The van der Waals surface area contributed by atoms with Gasteiger partial charge >= 0.3 is 0 Å². The summed E-state index contributed by atoms with van der Waals surface area (Å²) in [6.45, 7) is 4.30. The van der Waals surface area contributed by atoms with Gasteiger partial charge in [-0.3, -0.25) is 4.90 Å². The van der Waals surface area contributed by atoms with Gasteiger partial charge < -0.3 is 15.0 Å². The second-order valence-corrected chi connectivity index (χ2v) is 6.48. The summed E-state index contributed by atoms with van der Waals surface area (Å²) in [5.74, 6) is 0. The Labute approximate surface area is 126 Å². The van der Waals surface area contributed by atoms with Gasteiger partial charge in [-0.05, 0) is 45.1 Å². The maximum Gasteiger partial charge on any atom is 0.0587 e. The molecule has 0 saturated carbocycles. The van der Waals surface area contributed by atoms with E-state index in [4.69, 9.17) is 0 Å². The topological polar surface area (TPSA) is 42.5 Å². The van der Waals surface area contributed by atoms with Gasteiger partial charge in [0.05, 0.1) is 6.61 Å². The van der Waals surface area contributed by atoms with Crippen LogP contribution in [0.25, 0.3) is 10.9 Å². The monoisotopic (exact) mass is 287 g/mol. The van der Waals surface area contributed by atoms with E-state index >= 15 is 0 Å². The molecule has 1 aromatic carbocycles. The number of nitrogens with zero attached hydrogens (tertiary/aromatic N) is 2. The molecule has 0 amide bonds. The Morgan fingerprint density at radius 3 is 2.90 bits per heavy atom. The number of nitrogens with one attached hydrogen (secondary N) is 1. The second kappa shape index (κ2) is 5.79. The van der Waals surface area contributed by atoms with Crippen molar-refractivity contribution in [1.29, 1.82) is 0 Å². The number of rotatable bonds is 4. The number of likely N-dealkylation sites (tertiary alicyclic amines) is 1. The van der Waals surface area contributed by atoms with Crippen LogP contribution in [0.2, 0.25) is 0 Å². The zero-order valence-electron chi connectivity index (χ0n) is 13.1. The van der Waals surface area contributed by atoms with Crippen LogP contribution in [0.15, 0.2) is 24.4 Å². The molecule has 4 heteroatoms. The minimum absolute atomic E-state index is 0.242. The van der Waals surface area contributed by atoms with Crippen LogP contribution in [0, 0.1) is 6.92 Å². The Balaban J connectivity index is 1.82. The van der Waals surface area contributed by atoms with Gasteiger partial charge in [0.25, 0.3) is 0 Å². The first-order valence-corrected chi connectivity index (χ1v) is 7.66. The molecule has 0 unspecified atom stereocenters. The van der Waals surface area contributed by atoms with Crippen molar-refractivity contribution in [3.05, 3.63) is 35.5 Å². The fourth-order valence-electron chi connectivity index (χ4n) is 3.36. The number of aliphatic hydroxyl groups is 1. The number of aliphatic hydroxyl groups excluding tert-OH is 1. The number of benzene rings is 1. The maximum absolute atomic E-state index is 9.65. The van der Waals surface area contributed by atoms with Crippen molar-refractivity contribution in [2.45, 2.75) is 32.0 Å². The van der Waals surface area contributed by atoms with Crippen LogP contribution in [-0.4, -0.2) is 59.2 Å². The molecule has 4 nitrogen and oxygen atoms in total. The Morgan fingerprint density at radius 1 is 1.38 bits per heavy atom. The molecule has 2 N–H and O–H groups in total. The summed E-state index contributed by atoms with van der Waals surface area (Å²) in [6, 6.07) is 7.33. The minimum Gasteiger partial charge on any atom is -0.395 e. The van der Waals surface area contributed by atoms with Gasteiger partial charge in [-0.25, -0.2) is 0 Å². The van der Waals surface area contributed by atoms with Crippen LogP contribution in [0.5, 0.6) is 0 Å². The molecular weight excluding hydrogens is 262 g/mol. The Hall–Kier alpha value is -1.36. The van der Waals surface area contributed by atoms with Gasteiger partial charge in [0.1, 0.15) is 0 Å². The molecule has 0 radical (unpaired) electrons. The van der Waals surface area contributed by atoms with Crippen LogP contribution in [0.4, 0.5) is 0 Å². The first kappa shape index (κ1) is 14.6. The van der Waals surface area contributed by atoms with Gasteiger partial charge in [-0.1, -0.05) is 11.6 Å². The van der Waals surface area contributed by atoms with Crippen LogP contribution in [-0.2, 0) is 6.54 Å². The van der Waals surface area contributed by atoms with Crippen molar-refractivity contribution in [2.75, 3.05) is 27.2 Å². The van der Waals surface area contributed by atoms with Gasteiger partial charge in [-0.2, -0.15) is 0 Å². The van der Waals surface area contributed by atoms with Gasteiger partial charge in [0.15, 0.2) is 0 Å². The SMILES string of the molecule is Cc1ccc2[nH]cc(CN3C[C@H](N(C)C)C[C@H]3CO)c2c1. The van der Waals surface area contributed by atoms with E-state index in [9.17, 15) is 5.11 Å². The first-order valence-electron chi connectivity index (χ1n) is 7.66. The fourth-order valence-corrected chi connectivity index (χ4v) is 3.36. The predicted molar refractivity (Wildman–Crippen MR) is 86.4 cm³/mol. The smallest absolute Gasteiger partial charge is 0.0587 e.